The van der Waals surface area contributed by atoms with Crippen LogP contribution < -0.4 is 10.6 Å². The Bertz CT molecular complexity index is 1010. The number of fused-ring (bicyclic) bond motifs is 1. The lowest BCUT2D eigenvalue weighted by molar-refractivity contribution is -0.119. The van der Waals surface area contributed by atoms with E-state index in [1.165, 1.54) is 18.2 Å². The van der Waals surface area contributed by atoms with Crippen LogP contribution in [-0.4, -0.2) is 29.2 Å². The number of H-pyrrole nitrogens is 1. The van der Waals surface area contributed by atoms with Crippen molar-refractivity contribution in [3.05, 3.63) is 59.3 Å². The van der Waals surface area contributed by atoms with Crippen LogP contribution in [0.2, 0.25) is 0 Å². The number of rotatable bonds is 6. The van der Waals surface area contributed by atoms with Crippen LogP contribution in [0.1, 0.15) is 25.1 Å². The third kappa shape index (κ3) is 4.26. The van der Waals surface area contributed by atoms with Gasteiger partial charge in [-0.25, -0.2) is 8.78 Å². The van der Waals surface area contributed by atoms with Gasteiger partial charge in [-0.05, 0) is 42.8 Å². The Labute approximate surface area is 161 Å². The van der Waals surface area contributed by atoms with Crippen LogP contribution in [0.3, 0.4) is 0 Å². The van der Waals surface area contributed by atoms with Gasteiger partial charge in [-0.2, -0.15) is 5.10 Å². The van der Waals surface area contributed by atoms with E-state index in [2.05, 4.69) is 20.8 Å². The van der Waals surface area contributed by atoms with Crippen LogP contribution in [0, 0.1) is 17.6 Å². The van der Waals surface area contributed by atoms with Gasteiger partial charge in [-0.15, -0.1) is 0 Å². The van der Waals surface area contributed by atoms with E-state index in [1.54, 1.807) is 37.4 Å². The Balaban J connectivity index is 1.89. The molecule has 7 heteroatoms. The summed E-state index contributed by atoms with van der Waals surface area (Å²) in [6.45, 7) is 3.82. The molecule has 0 spiro atoms. The van der Waals surface area contributed by atoms with Crippen molar-refractivity contribution in [2.75, 3.05) is 12.4 Å². The number of aromatic nitrogens is 2. The Hall–Kier alpha value is -3.06. The summed E-state index contributed by atoms with van der Waals surface area (Å²) in [4.78, 5) is 12.4. The molecule has 0 aliphatic carbocycles. The first-order chi connectivity index (χ1) is 13.4. The van der Waals surface area contributed by atoms with E-state index in [4.69, 9.17) is 0 Å². The Kier molecular flexibility index (Phi) is 5.84. The van der Waals surface area contributed by atoms with E-state index >= 15 is 0 Å². The number of nitrogens with one attached hydrogen (secondary N) is 3. The molecular formula is C21H22F2N4O. The maximum atomic E-state index is 14.4. The molecule has 1 unspecified atom stereocenters. The highest BCUT2D eigenvalue weighted by molar-refractivity contribution is 5.98. The number of benzene rings is 2. The minimum absolute atomic E-state index is 0.0555. The second kappa shape index (κ2) is 8.31. The summed E-state index contributed by atoms with van der Waals surface area (Å²) in [5.41, 5.74) is 2.00. The molecule has 0 saturated carbocycles. The van der Waals surface area contributed by atoms with Crippen molar-refractivity contribution in [3.63, 3.8) is 0 Å². The van der Waals surface area contributed by atoms with Gasteiger partial charge < -0.3 is 10.6 Å². The molecule has 5 nitrogen and oxygen atoms in total. The zero-order valence-electron chi connectivity index (χ0n) is 15.9. The molecule has 146 valence electrons. The number of hydrogen-bond donors (Lipinski definition) is 3. The summed E-state index contributed by atoms with van der Waals surface area (Å²) >= 11 is 0. The van der Waals surface area contributed by atoms with Crippen molar-refractivity contribution in [3.8, 4) is 0 Å². The lowest BCUT2D eigenvalue weighted by atomic mass is 10.0. The fourth-order valence-corrected chi connectivity index (χ4v) is 3.01. The summed E-state index contributed by atoms with van der Waals surface area (Å²) in [5, 5.41) is 13.2. The molecule has 3 aromatic rings. The van der Waals surface area contributed by atoms with E-state index in [1.807, 2.05) is 13.8 Å². The summed E-state index contributed by atoms with van der Waals surface area (Å²) in [6.07, 6.45) is 3.53. The first kappa shape index (κ1) is 19.7. The van der Waals surface area contributed by atoms with Crippen LogP contribution in [0.15, 0.2) is 36.4 Å². The normalized spacial score (nSPS) is 12.8. The van der Waals surface area contributed by atoms with Gasteiger partial charge in [0.05, 0.1) is 22.9 Å². The first-order valence-corrected chi connectivity index (χ1v) is 8.98. The van der Waals surface area contributed by atoms with E-state index < -0.39 is 11.9 Å². The number of carbonyl (C=O) groups excluding carboxylic acids is 1. The third-order valence-electron chi connectivity index (χ3n) is 4.50. The maximum absolute atomic E-state index is 14.4. The Morgan fingerprint density at radius 3 is 2.50 bits per heavy atom. The highest BCUT2D eigenvalue weighted by Crippen LogP contribution is 2.25. The molecule has 1 atom stereocenters. The summed E-state index contributed by atoms with van der Waals surface area (Å²) in [6, 6.07) is 8.47. The van der Waals surface area contributed by atoms with E-state index in [9.17, 15) is 13.6 Å². The topological polar surface area (TPSA) is 69.8 Å². The maximum Gasteiger partial charge on any atom is 0.241 e. The largest absolute Gasteiger partial charge is 0.322 e. The molecule has 1 amide bonds. The molecule has 0 fully saturated rings. The second-order valence-electron chi connectivity index (χ2n) is 6.87. The average Bonchev–Trinajstić information content (AvgIpc) is 3.03. The lowest BCUT2D eigenvalue weighted by Gasteiger charge is -2.19. The van der Waals surface area contributed by atoms with Gasteiger partial charge >= 0.3 is 0 Å². The van der Waals surface area contributed by atoms with Crippen molar-refractivity contribution in [2.45, 2.75) is 19.9 Å². The second-order valence-corrected chi connectivity index (χ2v) is 6.87. The molecule has 1 aromatic heterocycles. The average molecular weight is 384 g/mol. The van der Waals surface area contributed by atoms with Crippen LogP contribution in [0.4, 0.5) is 14.5 Å². The lowest BCUT2D eigenvalue weighted by Crippen LogP contribution is -2.42. The van der Waals surface area contributed by atoms with Crippen LogP contribution >= 0.6 is 0 Å². The fraction of sp³-hybridized carbons (Fsp3) is 0.238. The SMILES string of the molecule is CNC(C(=O)Nc1cc2c(C=Cc3ccc(F)cc3)n[nH]c2cc1F)C(C)C. The number of aromatic amines is 1. The molecule has 0 bridgehead atoms. The fourth-order valence-electron chi connectivity index (χ4n) is 3.01. The third-order valence-corrected chi connectivity index (χ3v) is 4.50. The number of hydrogen-bond acceptors (Lipinski definition) is 3. The Morgan fingerprint density at radius 1 is 1.14 bits per heavy atom. The van der Waals surface area contributed by atoms with Crippen molar-refractivity contribution >= 4 is 34.6 Å². The van der Waals surface area contributed by atoms with Gasteiger partial charge in [0, 0.05) is 11.5 Å². The van der Waals surface area contributed by atoms with E-state index in [-0.39, 0.29) is 23.3 Å². The van der Waals surface area contributed by atoms with Gasteiger partial charge in [-0.1, -0.05) is 32.1 Å². The molecule has 2 aromatic carbocycles. The molecule has 0 aliphatic rings. The number of halogens is 2. The van der Waals surface area contributed by atoms with Crippen LogP contribution in [-0.2, 0) is 4.79 Å². The smallest absolute Gasteiger partial charge is 0.241 e. The van der Waals surface area contributed by atoms with E-state index in [0.29, 0.717) is 16.6 Å². The molecule has 0 saturated heterocycles. The predicted octanol–water partition coefficient (Wildman–Crippen LogP) is 4.19. The van der Waals surface area contributed by atoms with E-state index in [0.717, 1.165) is 5.56 Å². The standard InChI is InChI=1S/C21H22F2N4O/c1-12(2)20(24-3)21(28)25-19-10-15-17(26-27-18(15)11-16(19)23)9-6-13-4-7-14(22)8-5-13/h4-12,20,24H,1-3H3,(H,25,28)(H,26,27). The molecule has 0 radical (unpaired) electrons. The van der Waals surface area contributed by atoms with Crippen molar-refractivity contribution < 1.29 is 13.6 Å². The molecular weight excluding hydrogens is 362 g/mol. The molecule has 28 heavy (non-hydrogen) atoms. The zero-order valence-corrected chi connectivity index (χ0v) is 15.9. The Morgan fingerprint density at radius 2 is 1.86 bits per heavy atom. The predicted molar refractivity (Wildman–Crippen MR) is 108 cm³/mol. The number of anilines is 1. The molecule has 1 heterocycles. The highest BCUT2D eigenvalue weighted by atomic mass is 19.1. The molecule has 3 rings (SSSR count). The minimum Gasteiger partial charge on any atom is -0.322 e. The van der Waals surface area contributed by atoms with Gasteiger partial charge in [0.1, 0.15) is 11.6 Å². The highest BCUT2D eigenvalue weighted by Gasteiger charge is 2.21. The monoisotopic (exact) mass is 384 g/mol. The number of carbonyl (C=O) groups is 1. The summed E-state index contributed by atoms with van der Waals surface area (Å²) in [7, 11) is 1.69. The van der Waals surface area contributed by atoms with Crippen molar-refractivity contribution in [2.24, 2.45) is 5.92 Å². The minimum atomic E-state index is -0.544. The zero-order chi connectivity index (χ0) is 20.3. The van der Waals surface area contributed by atoms with Gasteiger partial charge in [0.25, 0.3) is 0 Å². The number of nitrogens with zero attached hydrogens (tertiary/aromatic N) is 1. The summed E-state index contributed by atoms with van der Waals surface area (Å²) in [5.74, 6) is -1.10. The van der Waals surface area contributed by atoms with Crippen molar-refractivity contribution in [1.29, 1.82) is 0 Å². The number of amides is 1. The number of likely N-dealkylation sites (N-methyl/N-ethyl adjacent to an activating group) is 1. The first-order valence-electron chi connectivity index (χ1n) is 8.98. The van der Waals surface area contributed by atoms with Gasteiger partial charge in [-0.3, -0.25) is 9.89 Å². The molecule has 3 N–H and O–H groups in total. The molecule has 0 aliphatic heterocycles. The summed E-state index contributed by atoms with van der Waals surface area (Å²) < 4.78 is 27.4. The van der Waals surface area contributed by atoms with Crippen LogP contribution in [0.25, 0.3) is 23.1 Å². The van der Waals surface area contributed by atoms with Gasteiger partial charge in [0.2, 0.25) is 5.91 Å². The van der Waals surface area contributed by atoms with Gasteiger partial charge in [0.15, 0.2) is 0 Å². The van der Waals surface area contributed by atoms with Crippen molar-refractivity contribution in [1.82, 2.24) is 15.5 Å². The van der Waals surface area contributed by atoms with Crippen LogP contribution in [0.5, 0.6) is 0 Å². The quantitative estimate of drug-likeness (QED) is 0.597.